The molecule has 0 radical (unpaired) electrons. The van der Waals surface area contributed by atoms with Gasteiger partial charge in [-0.1, -0.05) is 0 Å². The highest BCUT2D eigenvalue weighted by molar-refractivity contribution is 5.76. The van der Waals surface area contributed by atoms with E-state index in [4.69, 9.17) is 9.47 Å². The predicted octanol–water partition coefficient (Wildman–Crippen LogP) is 0.459. The van der Waals surface area contributed by atoms with Crippen molar-refractivity contribution in [3.63, 3.8) is 0 Å². The van der Waals surface area contributed by atoms with Crippen molar-refractivity contribution in [3.05, 3.63) is 0 Å². The van der Waals surface area contributed by atoms with Crippen molar-refractivity contribution < 1.29 is 14.3 Å². The second-order valence-electron chi connectivity index (χ2n) is 3.85. The van der Waals surface area contributed by atoms with E-state index in [-0.39, 0.29) is 12.0 Å². The largest absolute Gasteiger partial charge is 0.465 e. The SMILES string of the molecule is CCOC(=O)[C@@H]1CC[C@@H]2OCC[C@@H]2N1. The van der Waals surface area contributed by atoms with Gasteiger partial charge < -0.3 is 9.47 Å². The molecule has 2 aliphatic rings. The fraction of sp³-hybridized carbons (Fsp3) is 0.900. The summed E-state index contributed by atoms with van der Waals surface area (Å²) in [6.07, 6.45) is 3.14. The summed E-state index contributed by atoms with van der Waals surface area (Å²) in [5, 5.41) is 3.30. The van der Waals surface area contributed by atoms with Crippen LogP contribution in [-0.2, 0) is 14.3 Å². The van der Waals surface area contributed by atoms with Crippen molar-refractivity contribution in [2.24, 2.45) is 0 Å². The fourth-order valence-corrected chi connectivity index (χ4v) is 2.23. The molecule has 0 saturated carbocycles. The molecule has 0 bridgehead atoms. The number of hydrogen-bond acceptors (Lipinski definition) is 4. The molecule has 0 amide bonds. The number of piperidine rings is 1. The highest BCUT2D eigenvalue weighted by Gasteiger charge is 2.37. The summed E-state index contributed by atoms with van der Waals surface area (Å²) in [5.74, 6) is -0.113. The first-order chi connectivity index (χ1) is 6.81. The van der Waals surface area contributed by atoms with E-state index in [1.807, 2.05) is 6.92 Å². The Morgan fingerprint density at radius 1 is 1.50 bits per heavy atom. The summed E-state index contributed by atoms with van der Waals surface area (Å²) in [6, 6.07) is 0.246. The van der Waals surface area contributed by atoms with Crippen LogP contribution in [-0.4, -0.2) is 37.4 Å². The van der Waals surface area contributed by atoms with E-state index in [0.29, 0.717) is 18.8 Å². The summed E-state index contributed by atoms with van der Waals surface area (Å²) in [4.78, 5) is 11.5. The fourth-order valence-electron chi connectivity index (χ4n) is 2.23. The lowest BCUT2D eigenvalue weighted by atomic mass is 9.96. The summed E-state index contributed by atoms with van der Waals surface area (Å²) < 4.78 is 10.5. The summed E-state index contributed by atoms with van der Waals surface area (Å²) in [6.45, 7) is 3.11. The van der Waals surface area contributed by atoms with Gasteiger partial charge >= 0.3 is 5.97 Å². The van der Waals surface area contributed by atoms with Crippen LogP contribution in [0.25, 0.3) is 0 Å². The Hall–Kier alpha value is -0.610. The third-order valence-electron chi connectivity index (χ3n) is 2.94. The van der Waals surface area contributed by atoms with E-state index in [0.717, 1.165) is 25.9 Å². The minimum Gasteiger partial charge on any atom is -0.465 e. The molecule has 3 atom stereocenters. The Morgan fingerprint density at radius 2 is 2.36 bits per heavy atom. The van der Waals surface area contributed by atoms with E-state index in [2.05, 4.69) is 5.32 Å². The Labute approximate surface area is 84.0 Å². The van der Waals surface area contributed by atoms with Crippen LogP contribution in [0.2, 0.25) is 0 Å². The second kappa shape index (κ2) is 4.28. The lowest BCUT2D eigenvalue weighted by Crippen LogP contribution is -2.51. The van der Waals surface area contributed by atoms with Gasteiger partial charge in [0.25, 0.3) is 0 Å². The third kappa shape index (κ3) is 1.91. The molecule has 0 spiro atoms. The Balaban J connectivity index is 1.87. The van der Waals surface area contributed by atoms with E-state index >= 15 is 0 Å². The lowest BCUT2D eigenvalue weighted by molar-refractivity contribution is -0.147. The zero-order valence-electron chi connectivity index (χ0n) is 8.49. The molecule has 2 rings (SSSR count). The van der Waals surface area contributed by atoms with E-state index in [1.54, 1.807) is 0 Å². The predicted molar refractivity (Wildman–Crippen MR) is 50.9 cm³/mol. The van der Waals surface area contributed by atoms with Gasteiger partial charge in [-0.25, -0.2) is 0 Å². The number of carbonyl (C=O) groups excluding carboxylic acids is 1. The van der Waals surface area contributed by atoms with Crippen molar-refractivity contribution >= 4 is 5.97 Å². The molecule has 80 valence electrons. The van der Waals surface area contributed by atoms with Crippen molar-refractivity contribution in [3.8, 4) is 0 Å². The molecule has 2 saturated heterocycles. The van der Waals surface area contributed by atoms with Gasteiger partial charge in [0.15, 0.2) is 0 Å². The topological polar surface area (TPSA) is 47.6 Å². The number of fused-ring (bicyclic) bond motifs is 1. The van der Waals surface area contributed by atoms with Gasteiger partial charge in [0.05, 0.1) is 12.7 Å². The zero-order chi connectivity index (χ0) is 9.97. The number of esters is 1. The van der Waals surface area contributed by atoms with Gasteiger partial charge in [0.2, 0.25) is 0 Å². The Kier molecular flexibility index (Phi) is 3.03. The van der Waals surface area contributed by atoms with E-state index < -0.39 is 0 Å². The molecule has 2 aliphatic heterocycles. The summed E-state index contributed by atoms with van der Waals surface area (Å²) in [7, 11) is 0. The number of carbonyl (C=O) groups is 1. The first-order valence-corrected chi connectivity index (χ1v) is 5.35. The quantitative estimate of drug-likeness (QED) is 0.656. The minimum absolute atomic E-state index is 0.113. The number of nitrogens with one attached hydrogen (secondary N) is 1. The molecule has 2 fully saturated rings. The molecule has 0 aliphatic carbocycles. The van der Waals surface area contributed by atoms with E-state index in [9.17, 15) is 4.79 Å². The maximum Gasteiger partial charge on any atom is 0.323 e. The number of hydrogen-bond donors (Lipinski definition) is 1. The molecule has 0 unspecified atom stereocenters. The maximum atomic E-state index is 11.5. The summed E-state index contributed by atoms with van der Waals surface area (Å²) in [5.41, 5.74) is 0. The molecular weight excluding hydrogens is 182 g/mol. The smallest absolute Gasteiger partial charge is 0.323 e. The van der Waals surface area contributed by atoms with Crippen LogP contribution < -0.4 is 5.32 Å². The van der Waals surface area contributed by atoms with Crippen LogP contribution >= 0.6 is 0 Å². The van der Waals surface area contributed by atoms with Crippen molar-refractivity contribution in [2.75, 3.05) is 13.2 Å². The monoisotopic (exact) mass is 199 g/mol. The van der Waals surface area contributed by atoms with Gasteiger partial charge in [0.1, 0.15) is 6.04 Å². The Bertz CT molecular complexity index is 219. The molecule has 2 heterocycles. The van der Waals surface area contributed by atoms with Crippen LogP contribution in [0.15, 0.2) is 0 Å². The van der Waals surface area contributed by atoms with Gasteiger partial charge in [-0.15, -0.1) is 0 Å². The minimum atomic E-state index is -0.113. The van der Waals surface area contributed by atoms with Crippen LogP contribution in [0.5, 0.6) is 0 Å². The van der Waals surface area contributed by atoms with Gasteiger partial charge in [-0.2, -0.15) is 0 Å². The molecule has 4 heteroatoms. The molecule has 4 nitrogen and oxygen atoms in total. The lowest BCUT2D eigenvalue weighted by Gasteiger charge is -2.30. The van der Waals surface area contributed by atoms with Gasteiger partial charge in [-0.3, -0.25) is 10.1 Å². The first kappa shape index (κ1) is 9.93. The highest BCUT2D eigenvalue weighted by atomic mass is 16.5. The second-order valence-corrected chi connectivity index (χ2v) is 3.85. The van der Waals surface area contributed by atoms with Crippen LogP contribution in [0.4, 0.5) is 0 Å². The number of rotatable bonds is 2. The highest BCUT2D eigenvalue weighted by Crippen LogP contribution is 2.24. The average Bonchev–Trinajstić information content (AvgIpc) is 2.64. The number of ether oxygens (including phenoxy) is 2. The van der Waals surface area contributed by atoms with Crippen molar-refractivity contribution in [2.45, 2.75) is 44.4 Å². The normalized spacial score (nSPS) is 36.5. The average molecular weight is 199 g/mol. The molecule has 0 aromatic heterocycles. The first-order valence-electron chi connectivity index (χ1n) is 5.35. The third-order valence-corrected chi connectivity index (χ3v) is 2.94. The molecule has 0 aromatic carbocycles. The molecule has 0 aromatic rings. The van der Waals surface area contributed by atoms with Crippen molar-refractivity contribution in [1.82, 2.24) is 5.32 Å². The van der Waals surface area contributed by atoms with Crippen LogP contribution in [0.1, 0.15) is 26.2 Å². The van der Waals surface area contributed by atoms with E-state index in [1.165, 1.54) is 0 Å². The van der Waals surface area contributed by atoms with Crippen LogP contribution in [0.3, 0.4) is 0 Å². The van der Waals surface area contributed by atoms with Crippen LogP contribution in [0, 0.1) is 0 Å². The van der Waals surface area contributed by atoms with Crippen molar-refractivity contribution in [1.29, 1.82) is 0 Å². The maximum absolute atomic E-state index is 11.5. The Morgan fingerprint density at radius 3 is 3.14 bits per heavy atom. The van der Waals surface area contributed by atoms with Gasteiger partial charge in [0, 0.05) is 12.6 Å². The van der Waals surface area contributed by atoms with Gasteiger partial charge in [-0.05, 0) is 26.2 Å². The zero-order valence-corrected chi connectivity index (χ0v) is 8.49. The summed E-state index contributed by atoms with van der Waals surface area (Å²) >= 11 is 0. The molecule has 14 heavy (non-hydrogen) atoms. The standard InChI is InChI=1S/C10H17NO3/c1-2-13-10(12)8-3-4-9-7(11-8)5-6-14-9/h7-9,11H,2-6H2,1H3/t7-,8-,9-/m0/s1. The molecule has 1 N–H and O–H groups in total. The molecular formula is C10H17NO3.